The number of nitrogens with zero attached hydrogens (tertiary/aromatic N) is 1. The molecule has 1 N–H and O–H groups in total. The number of ether oxygens (including phenoxy) is 2. The highest BCUT2D eigenvalue weighted by atomic mass is 35.5. The number of nitrogens with one attached hydrogen (secondary N) is 1. The highest BCUT2D eigenvalue weighted by Crippen LogP contribution is 2.47. The summed E-state index contributed by atoms with van der Waals surface area (Å²) in [5, 5.41) is 4.96. The van der Waals surface area contributed by atoms with E-state index in [0.717, 1.165) is 17.5 Å². The standard InChI is InChI=1S/C29H30Cl2N2O3/c1-29(2,3)21-11-9-19(10-12-21)22-15-23(22)28(34)33-32-16-18-8-13-25(35-4)20(14-18)17-36-26-7-5-6-24(30)27(26)31/h5-14,16,22-23H,15,17H2,1-4H3,(H,33,34)/t22-,23-/m0/s1. The number of hydrogen-bond donors (Lipinski definition) is 1. The fourth-order valence-corrected chi connectivity index (χ4v) is 4.43. The molecule has 0 aromatic heterocycles. The lowest BCUT2D eigenvalue weighted by molar-refractivity contribution is -0.122. The molecule has 1 aliphatic rings. The van der Waals surface area contributed by atoms with Gasteiger partial charge in [0.1, 0.15) is 23.1 Å². The topological polar surface area (TPSA) is 59.9 Å². The van der Waals surface area contributed by atoms with Crippen LogP contribution in [0, 0.1) is 5.92 Å². The largest absolute Gasteiger partial charge is 0.496 e. The number of halogens is 2. The first-order valence-corrected chi connectivity index (χ1v) is 12.6. The van der Waals surface area contributed by atoms with Gasteiger partial charge < -0.3 is 9.47 Å². The van der Waals surface area contributed by atoms with Gasteiger partial charge in [0.2, 0.25) is 5.91 Å². The molecule has 3 aromatic carbocycles. The lowest BCUT2D eigenvalue weighted by Crippen LogP contribution is -2.20. The fourth-order valence-electron chi connectivity index (χ4n) is 4.08. The summed E-state index contributed by atoms with van der Waals surface area (Å²) in [6, 6.07) is 19.4. The summed E-state index contributed by atoms with van der Waals surface area (Å²) in [5.41, 5.74) is 6.90. The number of methoxy groups -OCH3 is 1. The molecule has 1 amide bonds. The minimum atomic E-state index is -0.0659. The van der Waals surface area contributed by atoms with Crippen LogP contribution < -0.4 is 14.9 Å². The lowest BCUT2D eigenvalue weighted by Gasteiger charge is -2.19. The molecule has 5 nitrogen and oxygen atoms in total. The van der Waals surface area contributed by atoms with Crippen LogP contribution in [0.4, 0.5) is 0 Å². The van der Waals surface area contributed by atoms with Crippen molar-refractivity contribution in [1.82, 2.24) is 5.43 Å². The van der Waals surface area contributed by atoms with Crippen LogP contribution in [0.3, 0.4) is 0 Å². The Morgan fingerprint density at radius 2 is 1.83 bits per heavy atom. The third kappa shape index (κ3) is 6.21. The zero-order valence-corrected chi connectivity index (χ0v) is 22.4. The van der Waals surface area contributed by atoms with Crippen LogP contribution in [0.25, 0.3) is 0 Å². The van der Waals surface area contributed by atoms with Gasteiger partial charge in [0.15, 0.2) is 0 Å². The molecule has 0 radical (unpaired) electrons. The second-order valence-electron chi connectivity index (χ2n) is 9.97. The summed E-state index contributed by atoms with van der Waals surface area (Å²) in [7, 11) is 1.60. The Morgan fingerprint density at radius 1 is 1.08 bits per heavy atom. The molecule has 1 saturated carbocycles. The molecular weight excluding hydrogens is 495 g/mol. The van der Waals surface area contributed by atoms with Crippen LogP contribution in [-0.2, 0) is 16.8 Å². The molecule has 0 aliphatic heterocycles. The van der Waals surface area contributed by atoms with Crippen molar-refractivity contribution < 1.29 is 14.3 Å². The van der Waals surface area contributed by atoms with E-state index in [2.05, 4.69) is 55.6 Å². The van der Waals surface area contributed by atoms with Crippen molar-refractivity contribution in [2.75, 3.05) is 7.11 Å². The first-order valence-electron chi connectivity index (χ1n) is 11.8. The molecule has 0 heterocycles. The molecular formula is C29H30Cl2N2O3. The maximum absolute atomic E-state index is 12.6. The van der Waals surface area contributed by atoms with E-state index in [1.54, 1.807) is 31.5 Å². The van der Waals surface area contributed by atoms with Gasteiger partial charge in [-0.15, -0.1) is 0 Å². The van der Waals surface area contributed by atoms with E-state index in [9.17, 15) is 4.79 Å². The van der Waals surface area contributed by atoms with E-state index in [0.29, 0.717) is 21.5 Å². The fraction of sp³-hybridized carbons (Fsp3) is 0.310. The maximum atomic E-state index is 12.6. The Kier molecular flexibility index (Phi) is 7.91. The van der Waals surface area contributed by atoms with Gasteiger partial charge in [-0.2, -0.15) is 5.10 Å². The molecule has 0 bridgehead atoms. The van der Waals surface area contributed by atoms with Gasteiger partial charge in [-0.25, -0.2) is 5.43 Å². The molecule has 7 heteroatoms. The van der Waals surface area contributed by atoms with Gasteiger partial charge in [0.25, 0.3) is 0 Å². The minimum Gasteiger partial charge on any atom is -0.496 e. The lowest BCUT2D eigenvalue weighted by atomic mass is 9.86. The van der Waals surface area contributed by atoms with Gasteiger partial charge in [-0.3, -0.25) is 4.79 Å². The number of rotatable bonds is 8. The van der Waals surface area contributed by atoms with Crippen LogP contribution >= 0.6 is 23.2 Å². The predicted octanol–water partition coefficient (Wildman–Crippen LogP) is 7.13. The second-order valence-corrected chi connectivity index (χ2v) is 10.8. The van der Waals surface area contributed by atoms with Crippen LogP contribution in [0.2, 0.25) is 10.0 Å². The van der Waals surface area contributed by atoms with Gasteiger partial charge in [-0.05, 0) is 64.8 Å². The quantitative estimate of drug-likeness (QED) is 0.251. The van der Waals surface area contributed by atoms with Crippen LogP contribution in [0.1, 0.15) is 55.4 Å². The Hall–Kier alpha value is -3.02. The first-order chi connectivity index (χ1) is 17.2. The predicted molar refractivity (Wildman–Crippen MR) is 146 cm³/mol. The monoisotopic (exact) mass is 524 g/mol. The summed E-state index contributed by atoms with van der Waals surface area (Å²) in [6.45, 7) is 6.82. The van der Waals surface area contributed by atoms with E-state index in [4.69, 9.17) is 32.7 Å². The van der Waals surface area contributed by atoms with Crippen LogP contribution in [0.5, 0.6) is 11.5 Å². The van der Waals surface area contributed by atoms with Crippen molar-refractivity contribution >= 4 is 35.3 Å². The maximum Gasteiger partial charge on any atom is 0.243 e. The third-order valence-electron chi connectivity index (χ3n) is 6.32. The highest BCUT2D eigenvalue weighted by molar-refractivity contribution is 6.42. The number of carbonyl (C=O) groups excluding carboxylic acids is 1. The van der Waals surface area contributed by atoms with Crippen molar-refractivity contribution in [2.45, 2.75) is 45.1 Å². The first kappa shape index (κ1) is 26.1. The molecule has 1 aliphatic carbocycles. The summed E-state index contributed by atoms with van der Waals surface area (Å²) < 4.78 is 11.3. The van der Waals surface area contributed by atoms with Crippen molar-refractivity contribution in [3.05, 3.63) is 93.0 Å². The summed E-state index contributed by atoms with van der Waals surface area (Å²) in [4.78, 5) is 12.6. The van der Waals surface area contributed by atoms with Crippen LogP contribution in [-0.4, -0.2) is 19.2 Å². The SMILES string of the molecule is COc1ccc(C=NNC(=O)[C@H]2C[C@H]2c2ccc(C(C)(C)C)cc2)cc1COc1cccc(Cl)c1Cl. The van der Waals surface area contributed by atoms with Crippen molar-refractivity contribution in [2.24, 2.45) is 11.0 Å². The summed E-state index contributed by atoms with van der Waals surface area (Å²) >= 11 is 12.3. The average Bonchev–Trinajstić information content (AvgIpc) is 3.66. The normalized spacial score (nSPS) is 17.2. The zero-order chi connectivity index (χ0) is 25.9. The number of carbonyl (C=O) groups is 1. The summed E-state index contributed by atoms with van der Waals surface area (Å²) in [6.07, 6.45) is 2.45. The molecule has 3 aromatic rings. The van der Waals surface area contributed by atoms with Gasteiger partial charge in [0, 0.05) is 11.5 Å². The van der Waals surface area contributed by atoms with E-state index in [-0.39, 0.29) is 29.8 Å². The van der Waals surface area contributed by atoms with Crippen molar-refractivity contribution in [3.63, 3.8) is 0 Å². The molecule has 2 atom stereocenters. The Balaban J connectivity index is 1.35. The molecule has 1 fully saturated rings. The van der Waals surface area contributed by atoms with Gasteiger partial charge >= 0.3 is 0 Å². The number of hydrogen-bond acceptors (Lipinski definition) is 4. The average molecular weight is 525 g/mol. The van der Waals surface area contributed by atoms with Crippen LogP contribution in [0.15, 0.2) is 65.8 Å². The Bertz CT molecular complexity index is 1270. The smallest absolute Gasteiger partial charge is 0.243 e. The highest BCUT2D eigenvalue weighted by Gasteiger charge is 2.44. The number of amides is 1. The molecule has 4 rings (SSSR count). The molecule has 0 spiro atoms. The van der Waals surface area contributed by atoms with Gasteiger partial charge in [-0.1, -0.05) is 74.3 Å². The molecule has 188 valence electrons. The third-order valence-corrected chi connectivity index (χ3v) is 7.13. The zero-order valence-electron chi connectivity index (χ0n) is 20.8. The van der Waals surface area contributed by atoms with Crippen molar-refractivity contribution in [1.29, 1.82) is 0 Å². The van der Waals surface area contributed by atoms with E-state index >= 15 is 0 Å². The van der Waals surface area contributed by atoms with E-state index in [1.807, 2.05) is 18.2 Å². The Labute approximate surface area is 222 Å². The van der Waals surface area contributed by atoms with Crippen molar-refractivity contribution in [3.8, 4) is 11.5 Å². The number of hydrazone groups is 1. The summed E-state index contributed by atoms with van der Waals surface area (Å²) in [5.74, 6) is 1.29. The number of benzene rings is 3. The second kappa shape index (κ2) is 10.9. The van der Waals surface area contributed by atoms with E-state index < -0.39 is 0 Å². The molecule has 0 saturated heterocycles. The van der Waals surface area contributed by atoms with Gasteiger partial charge in [0.05, 0.1) is 18.3 Å². The van der Waals surface area contributed by atoms with E-state index in [1.165, 1.54) is 11.1 Å². The minimum absolute atomic E-state index is 0.0510. The Morgan fingerprint density at radius 3 is 2.53 bits per heavy atom. The molecule has 36 heavy (non-hydrogen) atoms. The molecule has 0 unspecified atom stereocenters.